The highest BCUT2D eigenvalue weighted by Crippen LogP contribution is 2.17. The van der Waals surface area contributed by atoms with Gasteiger partial charge in [0.05, 0.1) is 11.9 Å². The second-order valence-corrected chi connectivity index (χ2v) is 4.89. The van der Waals surface area contributed by atoms with Crippen molar-refractivity contribution in [1.29, 1.82) is 0 Å². The molecular formula is C13H20N4O2. The third-order valence-electron chi connectivity index (χ3n) is 3.42. The zero-order chi connectivity index (χ0) is 13.7. The average Bonchev–Trinajstić information content (AvgIpc) is 2.42. The van der Waals surface area contributed by atoms with Gasteiger partial charge in [0, 0.05) is 19.2 Å². The van der Waals surface area contributed by atoms with Gasteiger partial charge in [-0.05, 0) is 12.8 Å². The second-order valence-electron chi connectivity index (χ2n) is 4.89. The Hall–Kier alpha value is -1.85. The van der Waals surface area contributed by atoms with E-state index in [1.165, 1.54) is 36.2 Å². The molecule has 1 aromatic heterocycles. The predicted molar refractivity (Wildman–Crippen MR) is 73.1 cm³/mol. The van der Waals surface area contributed by atoms with Gasteiger partial charge in [0.1, 0.15) is 6.54 Å². The number of hydrogen-bond acceptors (Lipinski definition) is 4. The molecule has 104 valence electrons. The number of nitrogens with zero attached hydrogens (tertiary/aromatic N) is 2. The Bertz CT molecular complexity index is 492. The summed E-state index contributed by atoms with van der Waals surface area (Å²) in [4.78, 5) is 23.6. The number of carbonyl (C=O) groups is 1. The molecular weight excluding hydrogens is 244 g/mol. The van der Waals surface area contributed by atoms with E-state index in [1.54, 1.807) is 7.05 Å². The van der Waals surface area contributed by atoms with Crippen molar-refractivity contribution in [2.45, 2.75) is 44.7 Å². The van der Waals surface area contributed by atoms with E-state index in [9.17, 15) is 9.59 Å². The molecule has 0 unspecified atom stereocenters. The summed E-state index contributed by atoms with van der Waals surface area (Å²) in [5, 5.41) is 9.77. The minimum atomic E-state index is -0.273. The predicted octanol–water partition coefficient (Wildman–Crippen LogP) is 0.734. The summed E-state index contributed by atoms with van der Waals surface area (Å²) in [6.45, 7) is -0.0146. The minimum Gasteiger partial charge on any atom is -0.387 e. The van der Waals surface area contributed by atoms with Gasteiger partial charge < -0.3 is 10.6 Å². The molecule has 0 aliphatic heterocycles. The highest BCUT2D eigenvalue weighted by molar-refractivity contribution is 5.75. The van der Waals surface area contributed by atoms with Gasteiger partial charge in [0.15, 0.2) is 0 Å². The molecule has 1 aliphatic rings. The number of anilines is 1. The first-order valence-electron chi connectivity index (χ1n) is 6.73. The summed E-state index contributed by atoms with van der Waals surface area (Å²) < 4.78 is 1.18. The van der Waals surface area contributed by atoms with Crippen LogP contribution in [0.5, 0.6) is 0 Å². The van der Waals surface area contributed by atoms with Crippen LogP contribution in [-0.2, 0) is 11.3 Å². The monoisotopic (exact) mass is 264 g/mol. The van der Waals surface area contributed by atoms with Crippen LogP contribution < -0.4 is 16.2 Å². The van der Waals surface area contributed by atoms with E-state index < -0.39 is 0 Å². The fourth-order valence-electron chi connectivity index (χ4n) is 2.35. The molecule has 0 bridgehead atoms. The maximum Gasteiger partial charge on any atom is 0.269 e. The van der Waals surface area contributed by atoms with Gasteiger partial charge in [-0.1, -0.05) is 19.3 Å². The number of carbonyl (C=O) groups excluding carboxylic acids is 1. The maximum atomic E-state index is 11.9. The molecule has 1 fully saturated rings. The van der Waals surface area contributed by atoms with Crippen LogP contribution in [0.2, 0.25) is 0 Å². The Kier molecular flexibility index (Phi) is 4.54. The van der Waals surface area contributed by atoms with E-state index in [0.29, 0.717) is 5.69 Å². The van der Waals surface area contributed by atoms with Crippen molar-refractivity contribution in [1.82, 2.24) is 15.1 Å². The molecule has 2 rings (SSSR count). The Morgan fingerprint density at radius 3 is 2.79 bits per heavy atom. The Morgan fingerprint density at radius 1 is 1.42 bits per heavy atom. The lowest BCUT2D eigenvalue weighted by atomic mass is 9.95. The molecule has 0 saturated heterocycles. The van der Waals surface area contributed by atoms with E-state index in [2.05, 4.69) is 15.7 Å². The summed E-state index contributed by atoms with van der Waals surface area (Å²) in [5.74, 6) is -0.140. The minimum absolute atomic E-state index is 0.0146. The fourth-order valence-corrected chi connectivity index (χ4v) is 2.35. The topological polar surface area (TPSA) is 76.0 Å². The molecule has 2 N–H and O–H groups in total. The third kappa shape index (κ3) is 3.81. The molecule has 6 nitrogen and oxygen atoms in total. The third-order valence-corrected chi connectivity index (χ3v) is 3.42. The first kappa shape index (κ1) is 13.6. The van der Waals surface area contributed by atoms with Gasteiger partial charge in [-0.2, -0.15) is 5.10 Å². The average molecular weight is 264 g/mol. The summed E-state index contributed by atoms with van der Waals surface area (Å²) >= 11 is 0. The standard InChI is InChI=1S/C13H20N4O2/c1-14-11-7-13(19)17(15-8-11)9-12(18)16-10-5-3-2-4-6-10/h7-8,10,14H,2-6,9H2,1H3,(H,16,18). The summed E-state index contributed by atoms with van der Waals surface area (Å²) in [6.07, 6.45) is 7.19. The van der Waals surface area contributed by atoms with E-state index in [-0.39, 0.29) is 24.1 Å². The van der Waals surface area contributed by atoms with E-state index in [0.717, 1.165) is 12.8 Å². The van der Waals surface area contributed by atoms with Gasteiger partial charge in [-0.15, -0.1) is 0 Å². The van der Waals surface area contributed by atoms with Crippen molar-refractivity contribution in [2.24, 2.45) is 0 Å². The van der Waals surface area contributed by atoms with Crippen molar-refractivity contribution >= 4 is 11.6 Å². The molecule has 1 amide bonds. The lowest BCUT2D eigenvalue weighted by Gasteiger charge is -2.22. The molecule has 19 heavy (non-hydrogen) atoms. The van der Waals surface area contributed by atoms with Crippen molar-refractivity contribution in [2.75, 3.05) is 12.4 Å². The summed E-state index contributed by atoms with van der Waals surface area (Å²) in [5.41, 5.74) is 0.375. The highest BCUT2D eigenvalue weighted by Gasteiger charge is 2.16. The van der Waals surface area contributed by atoms with Gasteiger partial charge >= 0.3 is 0 Å². The number of rotatable bonds is 4. The van der Waals surface area contributed by atoms with Gasteiger partial charge in [0.2, 0.25) is 5.91 Å². The zero-order valence-corrected chi connectivity index (χ0v) is 11.2. The smallest absolute Gasteiger partial charge is 0.269 e. The highest BCUT2D eigenvalue weighted by atomic mass is 16.2. The molecule has 1 saturated carbocycles. The SMILES string of the molecule is CNc1cnn(CC(=O)NC2CCCCC2)c(=O)c1. The Labute approximate surface area is 112 Å². The van der Waals surface area contributed by atoms with Crippen molar-refractivity contribution in [3.63, 3.8) is 0 Å². The van der Waals surface area contributed by atoms with Gasteiger partial charge in [-0.3, -0.25) is 9.59 Å². The van der Waals surface area contributed by atoms with Crippen LogP contribution in [0.3, 0.4) is 0 Å². The Balaban J connectivity index is 1.93. The van der Waals surface area contributed by atoms with E-state index in [4.69, 9.17) is 0 Å². The van der Waals surface area contributed by atoms with Crippen LogP contribution in [0.25, 0.3) is 0 Å². The molecule has 1 heterocycles. The van der Waals surface area contributed by atoms with Crippen LogP contribution in [0.15, 0.2) is 17.1 Å². The zero-order valence-electron chi connectivity index (χ0n) is 11.2. The molecule has 0 radical (unpaired) electrons. The summed E-state index contributed by atoms with van der Waals surface area (Å²) in [7, 11) is 1.72. The van der Waals surface area contributed by atoms with Crippen molar-refractivity contribution < 1.29 is 4.79 Å². The maximum absolute atomic E-state index is 11.9. The van der Waals surface area contributed by atoms with Crippen molar-refractivity contribution in [3.05, 3.63) is 22.6 Å². The van der Waals surface area contributed by atoms with Crippen LogP contribution in [0.1, 0.15) is 32.1 Å². The Morgan fingerprint density at radius 2 is 2.16 bits per heavy atom. The molecule has 1 aromatic rings. The first-order valence-corrected chi connectivity index (χ1v) is 6.73. The number of amides is 1. The number of hydrogen-bond donors (Lipinski definition) is 2. The molecule has 0 spiro atoms. The van der Waals surface area contributed by atoms with Gasteiger partial charge in [-0.25, -0.2) is 4.68 Å². The van der Waals surface area contributed by atoms with E-state index >= 15 is 0 Å². The quantitative estimate of drug-likeness (QED) is 0.840. The van der Waals surface area contributed by atoms with Crippen molar-refractivity contribution in [3.8, 4) is 0 Å². The van der Waals surface area contributed by atoms with Crippen LogP contribution in [0, 0.1) is 0 Å². The lowest BCUT2D eigenvalue weighted by molar-refractivity contribution is -0.122. The van der Waals surface area contributed by atoms with Gasteiger partial charge in [0.25, 0.3) is 5.56 Å². The normalized spacial score (nSPS) is 16.1. The molecule has 6 heteroatoms. The molecule has 1 aliphatic carbocycles. The molecule has 0 atom stereocenters. The van der Waals surface area contributed by atoms with Crippen LogP contribution in [-0.4, -0.2) is 28.8 Å². The fraction of sp³-hybridized carbons (Fsp3) is 0.615. The number of aromatic nitrogens is 2. The first-order chi connectivity index (χ1) is 9.19. The second kappa shape index (κ2) is 6.36. The van der Waals surface area contributed by atoms with E-state index in [1.807, 2.05) is 0 Å². The molecule has 0 aromatic carbocycles. The number of nitrogens with one attached hydrogen (secondary N) is 2. The lowest BCUT2D eigenvalue weighted by Crippen LogP contribution is -2.40. The largest absolute Gasteiger partial charge is 0.387 e. The van der Waals surface area contributed by atoms with Crippen LogP contribution >= 0.6 is 0 Å². The van der Waals surface area contributed by atoms with Crippen LogP contribution in [0.4, 0.5) is 5.69 Å². The summed E-state index contributed by atoms with van der Waals surface area (Å²) in [6, 6.07) is 1.69.